The van der Waals surface area contributed by atoms with Crippen molar-refractivity contribution in [2.75, 3.05) is 20.3 Å². The molecule has 0 atom stereocenters. The van der Waals surface area contributed by atoms with Crippen LogP contribution in [0.5, 0.6) is 0 Å². The van der Waals surface area contributed by atoms with E-state index in [1.807, 2.05) is 0 Å². The van der Waals surface area contributed by atoms with E-state index in [9.17, 15) is 13.2 Å². The molecule has 0 saturated carbocycles. The van der Waals surface area contributed by atoms with Crippen molar-refractivity contribution in [1.82, 2.24) is 10.0 Å². The largest absolute Gasteiger partial charge is 0.383 e. The van der Waals surface area contributed by atoms with Crippen molar-refractivity contribution in [3.8, 4) is 0 Å². The first kappa shape index (κ1) is 15.1. The first-order chi connectivity index (χ1) is 8.45. The zero-order valence-electron chi connectivity index (χ0n) is 10.2. The molecule has 0 fully saturated rings. The van der Waals surface area contributed by atoms with Gasteiger partial charge in [-0.2, -0.15) is 0 Å². The van der Waals surface area contributed by atoms with E-state index < -0.39 is 10.0 Å². The number of nitrogens with one attached hydrogen (secondary N) is 2. The summed E-state index contributed by atoms with van der Waals surface area (Å²) in [5.41, 5.74) is 0. The summed E-state index contributed by atoms with van der Waals surface area (Å²) < 4.78 is 31.1. The minimum atomic E-state index is -3.47. The molecule has 1 heterocycles. The number of carbonyl (C=O) groups excluding carboxylic acids is 1. The molecule has 1 amide bonds. The van der Waals surface area contributed by atoms with Gasteiger partial charge in [0.2, 0.25) is 15.9 Å². The van der Waals surface area contributed by atoms with Crippen molar-refractivity contribution < 1.29 is 17.9 Å². The summed E-state index contributed by atoms with van der Waals surface area (Å²) >= 11 is 1.13. The molecule has 2 N–H and O–H groups in total. The van der Waals surface area contributed by atoms with Crippen molar-refractivity contribution in [2.45, 2.75) is 17.7 Å². The van der Waals surface area contributed by atoms with Gasteiger partial charge in [-0.1, -0.05) is 0 Å². The van der Waals surface area contributed by atoms with Gasteiger partial charge in [0.25, 0.3) is 0 Å². The molecule has 0 aliphatic heterocycles. The molecule has 0 unspecified atom stereocenters. The number of thiophene rings is 1. The Morgan fingerprint density at radius 1 is 1.44 bits per heavy atom. The lowest BCUT2D eigenvalue weighted by Gasteiger charge is -2.03. The zero-order chi connectivity index (χ0) is 13.6. The third kappa shape index (κ3) is 4.73. The van der Waals surface area contributed by atoms with Gasteiger partial charge >= 0.3 is 0 Å². The summed E-state index contributed by atoms with van der Waals surface area (Å²) in [7, 11) is -1.97. The molecule has 0 bridgehead atoms. The average molecular weight is 292 g/mol. The molecule has 0 aromatic carbocycles. The van der Waals surface area contributed by atoms with E-state index in [-0.39, 0.29) is 16.7 Å². The van der Waals surface area contributed by atoms with Crippen LogP contribution in [0.1, 0.15) is 11.8 Å². The number of amides is 1. The van der Waals surface area contributed by atoms with Crippen LogP contribution in [0.25, 0.3) is 0 Å². The van der Waals surface area contributed by atoms with Gasteiger partial charge in [0.15, 0.2) is 0 Å². The maximum absolute atomic E-state index is 11.8. The summed E-state index contributed by atoms with van der Waals surface area (Å²) in [6, 6.07) is 3.21. The van der Waals surface area contributed by atoms with Crippen molar-refractivity contribution in [2.24, 2.45) is 0 Å². The summed E-state index contributed by atoms with van der Waals surface area (Å²) in [6.45, 7) is 2.31. The second-order valence-electron chi connectivity index (χ2n) is 3.52. The van der Waals surface area contributed by atoms with Gasteiger partial charge in [-0.05, 0) is 12.1 Å². The molecule has 1 aromatic rings. The van der Waals surface area contributed by atoms with Gasteiger partial charge in [-0.15, -0.1) is 11.3 Å². The molecular formula is C10H16N2O4S2. The van der Waals surface area contributed by atoms with Gasteiger partial charge in [-0.3, -0.25) is 4.79 Å². The first-order valence-corrected chi connectivity index (χ1v) is 7.57. The van der Waals surface area contributed by atoms with Gasteiger partial charge in [0.1, 0.15) is 4.21 Å². The Morgan fingerprint density at radius 3 is 2.78 bits per heavy atom. The number of ether oxygens (including phenoxy) is 1. The minimum Gasteiger partial charge on any atom is -0.383 e. The Morgan fingerprint density at radius 2 is 2.17 bits per heavy atom. The highest BCUT2D eigenvalue weighted by Gasteiger charge is 2.16. The lowest BCUT2D eigenvalue weighted by atomic mass is 10.4. The van der Waals surface area contributed by atoms with E-state index in [2.05, 4.69) is 10.0 Å². The third-order valence-corrected chi connectivity index (χ3v) is 5.05. The highest BCUT2D eigenvalue weighted by atomic mass is 32.2. The second kappa shape index (κ2) is 6.83. The minimum absolute atomic E-state index is 0.147. The van der Waals surface area contributed by atoms with E-state index in [4.69, 9.17) is 4.74 Å². The quantitative estimate of drug-likeness (QED) is 0.708. The Labute approximate surface area is 110 Å². The van der Waals surface area contributed by atoms with Gasteiger partial charge in [-0.25, -0.2) is 13.1 Å². The maximum Gasteiger partial charge on any atom is 0.250 e. The number of hydrogen-bond acceptors (Lipinski definition) is 5. The molecule has 0 aliphatic carbocycles. The van der Waals surface area contributed by atoms with Crippen LogP contribution < -0.4 is 10.0 Å². The van der Waals surface area contributed by atoms with Crippen LogP contribution in [-0.4, -0.2) is 34.6 Å². The van der Waals surface area contributed by atoms with Gasteiger partial charge in [0.05, 0.1) is 13.2 Å². The van der Waals surface area contributed by atoms with Crippen LogP contribution in [0.15, 0.2) is 16.3 Å². The van der Waals surface area contributed by atoms with Crippen LogP contribution in [0.3, 0.4) is 0 Å². The molecule has 102 valence electrons. The topological polar surface area (TPSA) is 84.5 Å². The maximum atomic E-state index is 11.8. The van der Waals surface area contributed by atoms with E-state index in [1.54, 1.807) is 6.07 Å². The monoisotopic (exact) mass is 292 g/mol. The van der Waals surface area contributed by atoms with Crippen LogP contribution in [0, 0.1) is 0 Å². The first-order valence-electron chi connectivity index (χ1n) is 5.27. The van der Waals surface area contributed by atoms with Crippen LogP contribution in [0.2, 0.25) is 0 Å². The Bertz CT molecular complexity index is 496. The molecule has 0 spiro atoms. The van der Waals surface area contributed by atoms with Crippen molar-refractivity contribution in [1.29, 1.82) is 0 Å². The Balaban J connectivity index is 2.63. The van der Waals surface area contributed by atoms with Crippen molar-refractivity contribution in [3.05, 3.63) is 17.0 Å². The lowest BCUT2D eigenvalue weighted by molar-refractivity contribution is -0.119. The molecule has 1 rings (SSSR count). The normalized spacial score (nSPS) is 11.4. The average Bonchev–Trinajstić information content (AvgIpc) is 2.76. The number of sulfonamides is 1. The highest BCUT2D eigenvalue weighted by Crippen LogP contribution is 2.21. The molecule has 8 heteroatoms. The van der Waals surface area contributed by atoms with Gasteiger partial charge in [0, 0.05) is 25.5 Å². The SMILES string of the molecule is COCCNS(=O)(=O)c1ccc(CNC(C)=O)s1. The number of methoxy groups -OCH3 is 1. The summed E-state index contributed by atoms with van der Waals surface area (Å²) in [4.78, 5) is 11.5. The molecule has 6 nitrogen and oxygen atoms in total. The number of carbonyl (C=O) groups is 1. The van der Waals surface area contributed by atoms with E-state index >= 15 is 0 Å². The summed E-state index contributed by atoms with van der Waals surface area (Å²) in [6.07, 6.45) is 0. The number of hydrogen-bond donors (Lipinski definition) is 2. The van der Waals surface area contributed by atoms with Crippen molar-refractivity contribution in [3.63, 3.8) is 0 Å². The smallest absolute Gasteiger partial charge is 0.250 e. The second-order valence-corrected chi connectivity index (χ2v) is 6.68. The van der Waals surface area contributed by atoms with E-state index in [0.717, 1.165) is 16.2 Å². The van der Waals surface area contributed by atoms with Crippen molar-refractivity contribution >= 4 is 27.3 Å². The van der Waals surface area contributed by atoms with Gasteiger partial charge < -0.3 is 10.1 Å². The fourth-order valence-electron chi connectivity index (χ4n) is 1.16. The molecule has 18 heavy (non-hydrogen) atoms. The lowest BCUT2D eigenvalue weighted by Crippen LogP contribution is -2.26. The zero-order valence-corrected chi connectivity index (χ0v) is 11.9. The van der Waals surface area contributed by atoms with Crippen LogP contribution in [0.4, 0.5) is 0 Å². The van der Waals surface area contributed by atoms with E-state index in [1.165, 1.54) is 20.1 Å². The van der Waals surface area contributed by atoms with Crippen LogP contribution in [-0.2, 0) is 26.1 Å². The highest BCUT2D eigenvalue weighted by molar-refractivity contribution is 7.91. The molecule has 1 aromatic heterocycles. The predicted octanol–water partition coefficient (Wildman–Crippen LogP) is 0.309. The standard InChI is InChI=1S/C10H16N2O4S2/c1-8(13)11-7-9-3-4-10(17-9)18(14,15)12-5-6-16-2/h3-4,12H,5-7H2,1-2H3,(H,11,13). The fourth-order valence-corrected chi connectivity index (χ4v) is 3.51. The van der Waals surface area contributed by atoms with Crippen LogP contribution >= 0.6 is 11.3 Å². The Kier molecular flexibility index (Phi) is 5.73. The molecule has 0 aliphatic rings. The fraction of sp³-hybridized carbons (Fsp3) is 0.500. The molecule has 0 radical (unpaired) electrons. The molecule has 0 saturated heterocycles. The van der Waals surface area contributed by atoms with E-state index in [0.29, 0.717) is 13.2 Å². The predicted molar refractivity (Wildman–Crippen MR) is 68.9 cm³/mol. The summed E-state index contributed by atoms with van der Waals surface area (Å²) in [5, 5.41) is 2.62. The Hall–Kier alpha value is -0.960. The molecular weight excluding hydrogens is 276 g/mol. The number of rotatable bonds is 7. The summed E-state index contributed by atoms with van der Waals surface area (Å²) in [5.74, 6) is -0.147. The third-order valence-electron chi connectivity index (χ3n) is 2.01.